The first-order valence-electron chi connectivity index (χ1n) is 10.5. The molecule has 0 radical (unpaired) electrons. The lowest BCUT2D eigenvalue weighted by molar-refractivity contribution is -0.164. The van der Waals surface area contributed by atoms with E-state index in [1.54, 1.807) is 12.2 Å². The molecule has 0 unspecified atom stereocenters. The van der Waals surface area contributed by atoms with Gasteiger partial charge in [-0.2, -0.15) is 13.2 Å². The number of rotatable bonds is 5. The summed E-state index contributed by atoms with van der Waals surface area (Å²) < 4.78 is 71.4. The molecule has 0 aliphatic carbocycles. The van der Waals surface area contributed by atoms with Crippen molar-refractivity contribution in [1.29, 1.82) is 0 Å². The van der Waals surface area contributed by atoms with Gasteiger partial charge in [0.05, 0.1) is 19.0 Å². The number of nitrogens with one attached hydrogen (secondary N) is 1. The van der Waals surface area contributed by atoms with Gasteiger partial charge in [0, 0.05) is 23.6 Å². The lowest BCUT2D eigenvalue weighted by Gasteiger charge is -2.38. The van der Waals surface area contributed by atoms with Crippen LogP contribution in [0.2, 0.25) is 0 Å². The number of aliphatic imine (C=N–C) groups is 1. The number of carbonyl (C=O) groups is 1. The molecule has 2 aromatic heterocycles. The van der Waals surface area contributed by atoms with Gasteiger partial charge in [-0.1, -0.05) is 5.16 Å². The summed E-state index contributed by atoms with van der Waals surface area (Å²) >= 11 is 0. The number of carboxylic acid groups (broad SMARTS) is 1. The van der Waals surface area contributed by atoms with E-state index in [1.165, 1.54) is 37.5 Å². The zero-order valence-corrected chi connectivity index (χ0v) is 18.8. The van der Waals surface area contributed by atoms with Crippen LogP contribution in [-0.2, 0) is 10.3 Å². The molecule has 2 atom stereocenters. The van der Waals surface area contributed by atoms with Crippen LogP contribution in [0.3, 0.4) is 0 Å². The molecule has 14 heteroatoms. The number of benzene rings is 1. The highest BCUT2D eigenvalue weighted by atomic mass is 19.4. The smallest absolute Gasteiger partial charge is 0.412 e. The van der Waals surface area contributed by atoms with Gasteiger partial charge >= 0.3 is 12.3 Å². The van der Waals surface area contributed by atoms with Crippen molar-refractivity contribution >= 4 is 12.1 Å². The lowest BCUT2D eigenvalue weighted by atomic mass is 9.86. The summed E-state index contributed by atoms with van der Waals surface area (Å²) in [4.78, 5) is 22.6. The third-order valence-electron chi connectivity index (χ3n) is 5.28. The van der Waals surface area contributed by atoms with Gasteiger partial charge in [0.15, 0.2) is 11.8 Å². The fraction of sp³-hybridized carbons (Fsp3) is 0.318. The Morgan fingerprint density at radius 1 is 1.25 bits per heavy atom. The van der Waals surface area contributed by atoms with Crippen LogP contribution in [0.1, 0.15) is 25.8 Å². The standard InChI is InChI=1S/C22H19F4N5O5/c1-3-34-18-10-27-15(9-28-18)14-7-16(36-31-14)11-4-5-13(23)12(6-11)21(2)8-17(22(24,25)26)29-19(35-21)30-20(32)33/h4-7,9-10,17H,3,8H2,1-2H3,(H,29,30)(H,32,33)/t17-,21-/m0/s1. The number of amidine groups is 1. The lowest BCUT2D eigenvalue weighted by Crippen LogP contribution is -2.48. The fourth-order valence-electron chi connectivity index (χ4n) is 3.63. The molecule has 0 saturated carbocycles. The minimum Gasteiger partial charge on any atom is -0.477 e. The molecule has 1 aliphatic heterocycles. The Morgan fingerprint density at radius 2 is 2.03 bits per heavy atom. The number of hydrogen-bond donors (Lipinski definition) is 2. The number of amides is 1. The molecule has 36 heavy (non-hydrogen) atoms. The van der Waals surface area contributed by atoms with Crippen LogP contribution in [0.25, 0.3) is 22.7 Å². The van der Waals surface area contributed by atoms with E-state index < -0.39 is 42.2 Å². The fourth-order valence-corrected chi connectivity index (χ4v) is 3.63. The van der Waals surface area contributed by atoms with Crippen molar-refractivity contribution in [3.8, 4) is 28.6 Å². The van der Waals surface area contributed by atoms with E-state index in [9.17, 15) is 22.4 Å². The largest absolute Gasteiger partial charge is 0.477 e. The van der Waals surface area contributed by atoms with Gasteiger partial charge in [-0.3, -0.25) is 0 Å². The quantitative estimate of drug-likeness (QED) is 0.480. The molecule has 1 amide bonds. The topological polar surface area (TPSA) is 132 Å². The number of nitrogens with zero attached hydrogens (tertiary/aromatic N) is 4. The number of hydrogen-bond acceptors (Lipinski definition) is 8. The summed E-state index contributed by atoms with van der Waals surface area (Å²) in [6.07, 6.45) is -4.45. The summed E-state index contributed by atoms with van der Waals surface area (Å²) in [5.74, 6) is -0.367. The second-order valence-corrected chi connectivity index (χ2v) is 7.90. The van der Waals surface area contributed by atoms with E-state index in [-0.39, 0.29) is 16.9 Å². The molecule has 1 aliphatic rings. The van der Waals surface area contributed by atoms with Crippen LogP contribution >= 0.6 is 0 Å². The number of halogens is 4. The minimum atomic E-state index is -4.82. The minimum absolute atomic E-state index is 0.172. The average molecular weight is 509 g/mol. The molecular formula is C22H19F4N5O5. The second kappa shape index (κ2) is 9.43. The SMILES string of the molecule is CCOc1cnc(-c2cc(-c3ccc(F)c([C@]4(C)C[C@@H](C(F)(F)F)N=C(NC(=O)O)O4)c3)on2)cn1. The third kappa shape index (κ3) is 5.21. The first kappa shape index (κ1) is 24.9. The highest BCUT2D eigenvalue weighted by molar-refractivity contribution is 5.90. The molecule has 0 fully saturated rings. The van der Waals surface area contributed by atoms with Crippen LogP contribution in [0, 0.1) is 5.82 Å². The maximum Gasteiger partial charge on any atom is 0.412 e. The van der Waals surface area contributed by atoms with E-state index >= 15 is 0 Å². The normalized spacial score (nSPS) is 19.8. The van der Waals surface area contributed by atoms with Crippen LogP contribution in [0.4, 0.5) is 22.4 Å². The van der Waals surface area contributed by atoms with Crippen molar-refractivity contribution in [3.05, 3.63) is 48.0 Å². The Kier molecular flexibility index (Phi) is 6.52. The molecule has 4 rings (SSSR count). The molecule has 1 aromatic carbocycles. The van der Waals surface area contributed by atoms with Gasteiger partial charge in [-0.05, 0) is 32.0 Å². The number of alkyl halides is 3. The van der Waals surface area contributed by atoms with E-state index in [0.29, 0.717) is 23.9 Å². The number of ether oxygens (including phenoxy) is 2. The van der Waals surface area contributed by atoms with Crippen molar-refractivity contribution < 1.29 is 41.5 Å². The molecule has 10 nitrogen and oxygen atoms in total. The monoisotopic (exact) mass is 509 g/mol. The summed E-state index contributed by atoms with van der Waals surface area (Å²) in [5.41, 5.74) is -1.21. The van der Waals surface area contributed by atoms with E-state index in [2.05, 4.69) is 20.1 Å². The van der Waals surface area contributed by atoms with E-state index in [1.807, 2.05) is 0 Å². The third-order valence-corrected chi connectivity index (χ3v) is 5.28. The molecule has 0 bridgehead atoms. The highest BCUT2D eigenvalue weighted by Gasteiger charge is 2.50. The summed E-state index contributed by atoms with van der Waals surface area (Å²) in [6.45, 7) is 3.43. The second-order valence-electron chi connectivity index (χ2n) is 7.90. The molecular weight excluding hydrogens is 490 g/mol. The van der Waals surface area contributed by atoms with Crippen molar-refractivity contribution in [2.45, 2.75) is 38.1 Å². The molecule has 0 spiro atoms. The van der Waals surface area contributed by atoms with Crippen molar-refractivity contribution in [3.63, 3.8) is 0 Å². The van der Waals surface area contributed by atoms with Crippen molar-refractivity contribution in [2.24, 2.45) is 4.99 Å². The van der Waals surface area contributed by atoms with E-state index in [4.69, 9.17) is 19.1 Å². The van der Waals surface area contributed by atoms with Crippen LogP contribution in [0.15, 0.2) is 46.2 Å². The molecule has 3 aromatic rings. The predicted octanol–water partition coefficient (Wildman–Crippen LogP) is 4.53. The maximum absolute atomic E-state index is 14.9. The summed E-state index contributed by atoms with van der Waals surface area (Å²) in [7, 11) is 0. The van der Waals surface area contributed by atoms with Gasteiger partial charge in [0.1, 0.15) is 22.8 Å². The first-order chi connectivity index (χ1) is 17.0. The Labute approximate surface area is 201 Å². The first-order valence-corrected chi connectivity index (χ1v) is 10.5. The Balaban J connectivity index is 1.67. The van der Waals surface area contributed by atoms with Gasteiger partial charge in [0.2, 0.25) is 5.88 Å². The predicted molar refractivity (Wildman–Crippen MR) is 116 cm³/mol. The zero-order valence-electron chi connectivity index (χ0n) is 18.8. The Bertz CT molecular complexity index is 1290. The number of aromatic nitrogens is 3. The highest BCUT2D eigenvalue weighted by Crippen LogP contribution is 2.42. The van der Waals surface area contributed by atoms with Crippen LogP contribution in [-0.4, -0.2) is 51.2 Å². The molecule has 190 valence electrons. The van der Waals surface area contributed by atoms with Crippen molar-refractivity contribution in [1.82, 2.24) is 20.4 Å². The Hall–Kier alpha value is -4.23. The van der Waals surface area contributed by atoms with Crippen LogP contribution < -0.4 is 10.1 Å². The zero-order chi connectivity index (χ0) is 26.1. The average Bonchev–Trinajstić information content (AvgIpc) is 3.29. The maximum atomic E-state index is 14.9. The van der Waals surface area contributed by atoms with Gasteiger partial charge in [-0.25, -0.2) is 29.5 Å². The molecule has 0 saturated heterocycles. The van der Waals surface area contributed by atoms with Gasteiger partial charge < -0.3 is 19.1 Å². The summed E-state index contributed by atoms with van der Waals surface area (Å²) in [5, 5.41) is 14.5. The van der Waals surface area contributed by atoms with E-state index in [0.717, 1.165) is 6.07 Å². The Morgan fingerprint density at radius 3 is 2.67 bits per heavy atom. The van der Waals surface area contributed by atoms with Gasteiger partial charge in [-0.15, -0.1) is 0 Å². The van der Waals surface area contributed by atoms with Crippen molar-refractivity contribution in [2.75, 3.05) is 6.61 Å². The molecule has 3 heterocycles. The van der Waals surface area contributed by atoms with Crippen LogP contribution in [0.5, 0.6) is 5.88 Å². The summed E-state index contributed by atoms with van der Waals surface area (Å²) in [6, 6.07) is 1.93. The van der Waals surface area contributed by atoms with Gasteiger partial charge in [0.25, 0.3) is 6.02 Å². The molecule has 2 N–H and O–H groups in total.